The molecule has 5 nitrogen and oxygen atoms in total. The van der Waals surface area contributed by atoms with Gasteiger partial charge in [-0.1, -0.05) is 65.7 Å². The molecule has 5 rings (SSSR count). The van der Waals surface area contributed by atoms with E-state index in [0.29, 0.717) is 33.6 Å². The fraction of sp³-hybridized carbons (Fsp3) is 0.143. The quantitative estimate of drug-likeness (QED) is 0.311. The molecule has 0 bridgehead atoms. The van der Waals surface area contributed by atoms with Crippen LogP contribution in [0.2, 0.25) is 10.0 Å². The molecule has 1 aliphatic heterocycles. The van der Waals surface area contributed by atoms with Gasteiger partial charge in [-0.05, 0) is 54.5 Å². The van der Waals surface area contributed by atoms with Crippen LogP contribution in [0.5, 0.6) is 0 Å². The van der Waals surface area contributed by atoms with Crippen LogP contribution >= 0.6 is 23.2 Å². The smallest absolute Gasteiger partial charge is 0.272 e. The van der Waals surface area contributed by atoms with Crippen molar-refractivity contribution in [2.75, 3.05) is 6.61 Å². The molecule has 0 unspecified atom stereocenters. The third-order valence-electron chi connectivity index (χ3n) is 6.00. The third-order valence-corrected chi connectivity index (χ3v) is 6.54. The monoisotopic (exact) mass is 521 g/mol. The molecular weight excluding hydrogens is 500 g/mol. The Balaban J connectivity index is 1.61. The van der Waals surface area contributed by atoms with Crippen LogP contribution in [0.3, 0.4) is 0 Å². The summed E-state index contributed by atoms with van der Waals surface area (Å²) in [6.07, 6.45) is 1.90. The normalized spacial score (nSPS) is 14.9. The summed E-state index contributed by atoms with van der Waals surface area (Å²) in [5.74, 6) is -0.639. The number of nitrogens with one attached hydrogen (secondary N) is 1. The average molecular weight is 522 g/mol. The van der Waals surface area contributed by atoms with Crippen LogP contribution in [0.15, 0.2) is 72.8 Å². The Bertz CT molecular complexity index is 1450. The zero-order valence-electron chi connectivity index (χ0n) is 19.3. The number of amides is 1. The number of nitrogens with zero attached hydrogens (tertiary/aromatic N) is 2. The minimum atomic E-state index is -0.321. The Hall–Kier alpha value is -3.45. The van der Waals surface area contributed by atoms with Crippen molar-refractivity contribution < 1.29 is 13.9 Å². The van der Waals surface area contributed by atoms with E-state index in [4.69, 9.17) is 33.0 Å². The van der Waals surface area contributed by atoms with E-state index in [9.17, 15) is 9.18 Å². The SMILES string of the molecule is C[C@H](NC(=O)c1nn(-c2ccc(Cl)cc2Cl)c2c1COCC2=Cc1ccc(F)cc1)c1ccccc1. The highest BCUT2D eigenvalue weighted by Gasteiger charge is 2.30. The Kier molecular flexibility index (Phi) is 6.92. The first kappa shape index (κ1) is 24.3. The molecule has 0 radical (unpaired) electrons. The van der Waals surface area contributed by atoms with Crippen molar-refractivity contribution in [2.24, 2.45) is 0 Å². The number of hydrogen-bond acceptors (Lipinski definition) is 3. The molecule has 3 aromatic carbocycles. The molecule has 0 fully saturated rings. The molecule has 36 heavy (non-hydrogen) atoms. The summed E-state index contributed by atoms with van der Waals surface area (Å²) in [5, 5.41) is 8.62. The van der Waals surface area contributed by atoms with Crippen molar-refractivity contribution in [3.05, 3.63) is 117 Å². The van der Waals surface area contributed by atoms with Gasteiger partial charge in [0.1, 0.15) is 5.82 Å². The summed E-state index contributed by atoms with van der Waals surface area (Å²) in [7, 11) is 0. The van der Waals surface area contributed by atoms with Crippen molar-refractivity contribution in [1.29, 1.82) is 0 Å². The maximum Gasteiger partial charge on any atom is 0.272 e. The zero-order chi connectivity index (χ0) is 25.2. The second kappa shape index (κ2) is 10.3. The molecule has 4 aromatic rings. The number of benzene rings is 3. The van der Waals surface area contributed by atoms with Gasteiger partial charge >= 0.3 is 0 Å². The predicted octanol–water partition coefficient (Wildman–Crippen LogP) is 6.88. The summed E-state index contributed by atoms with van der Waals surface area (Å²) in [5.41, 5.74) is 4.76. The number of halogens is 3. The number of hydrogen-bond donors (Lipinski definition) is 1. The van der Waals surface area contributed by atoms with E-state index < -0.39 is 0 Å². The Morgan fingerprint density at radius 3 is 2.56 bits per heavy atom. The zero-order valence-corrected chi connectivity index (χ0v) is 20.9. The molecule has 1 amide bonds. The molecule has 1 aromatic heterocycles. The van der Waals surface area contributed by atoms with Crippen molar-refractivity contribution in [1.82, 2.24) is 15.1 Å². The fourth-order valence-corrected chi connectivity index (χ4v) is 4.71. The maximum absolute atomic E-state index is 13.5. The molecule has 182 valence electrons. The first-order chi connectivity index (χ1) is 17.4. The Morgan fingerprint density at radius 2 is 1.83 bits per heavy atom. The van der Waals surface area contributed by atoms with Gasteiger partial charge in [0.15, 0.2) is 5.69 Å². The van der Waals surface area contributed by atoms with Crippen molar-refractivity contribution in [3.8, 4) is 5.69 Å². The van der Waals surface area contributed by atoms with E-state index in [0.717, 1.165) is 16.7 Å². The van der Waals surface area contributed by atoms with Gasteiger partial charge in [-0.3, -0.25) is 4.79 Å². The minimum Gasteiger partial charge on any atom is -0.372 e. The van der Waals surface area contributed by atoms with Gasteiger partial charge in [-0.2, -0.15) is 5.10 Å². The fourth-order valence-electron chi connectivity index (χ4n) is 4.22. The van der Waals surface area contributed by atoms with E-state index >= 15 is 0 Å². The van der Waals surface area contributed by atoms with Crippen molar-refractivity contribution in [3.63, 3.8) is 0 Å². The summed E-state index contributed by atoms with van der Waals surface area (Å²) in [4.78, 5) is 13.4. The lowest BCUT2D eigenvalue weighted by Crippen LogP contribution is -2.28. The highest BCUT2D eigenvalue weighted by Crippen LogP contribution is 2.35. The Morgan fingerprint density at radius 1 is 1.08 bits per heavy atom. The van der Waals surface area contributed by atoms with E-state index in [1.165, 1.54) is 12.1 Å². The van der Waals surface area contributed by atoms with Gasteiger partial charge in [-0.15, -0.1) is 0 Å². The standard InChI is InChI=1S/C28H22Cl2FN3O2/c1-17(19-5-3-2-4-6-19)32-28(35)26-23-16-36-15-20(13-18-7-10-22(31)11-8-18)27(23)34(33-26)25-12-9-21(29)14-24(25)30/h2-14,17H,15-16H2,1H3,(H,32,35)/t17-/m0/s1. The number of carbonyl (C=O) groups is 1. The maximum atomic E-state index is 13.5. The largest absolute Gasteiger partial charge is 0.372 e. The number of aromatic nitrogens is 2. The lowest BCUT2D eigenvalue weighted by molar-refractivity contribution is 0.0926. The van der Waals surface area contributed by atoms with Gasteiger partial charge < -0.3 is 10.1 Å². The molecule has 0 saturated carbocycles. The summed E-state index contributed by atoms with van der Waals surface area (Å²) < 4.78 is 21.0. The van der Waals surface area contributed by atoms with Crippen LogP contribution in [-0.4, -0.2) is 22.3 Å². The molecule has 2 heterocycles. The number of rotatable bonds is 5. The van der Waals surface area contributed by atoms with E-state index in [-0.39, 0.29) is 30.1 Å². The van der Waals surface area contributed by atoms with Crippen LogP contribution in [-0.2, 0) is 11.3 Å². The lowest BCUT2D eigenvalue weighted by atomic mass is 10.0. The molecule has 1 aliphatic rings. The molecule has 1 atom stereocenters. The topological polar surface area (TPSA) is 56.2 Å². The molecule has 0 aliphatic carbocycles. The summed E-state index contributed by atoms with van der Waals surface area (Å²) in [6.45, 7) is 2.43. The third kappa shape index (κ3) is 4.93. The van der Waals surface area contributed by atoms with Crippen LogP contribution in [0.1, 0.15) is 45.8 Å². The average Bonchev–Trinajstić information content (AvgIpc) is 3.26. The van der Waals surface area contributed by atoms with Crippen molar-refractivity contribution in [2.45, 2.75) is 19.6 Å². The number of fused-ring (bicyclic) bond motifs is 1. The van der Waals surface area contributed by atoms with Crippen molar-refractivity contribution >= 4 is 40.8 Å². The molecule has 0 saturated heterocycles. The molecule has 0 spiro atoms. The lowest BCUT2D eigenvalue weighted by Gasteiger charge is -2.20. The van der Waals surface area contributed by atoms with Gasteiger partial charge in [0.2, 0.25) is 0 Å². The first-order valence-corrected chi connectivity index (χ1v) is 12.1. The first-order valence-electron chi connectivity index (χ1n) is 11.4. The van der Waals surface area contributed by atoms with Crippen LogP contribution in [0.25, 0.3) is 17.3 Å². The van der Waals surface area contributed by atoms with Gasteiger partial charge in [0.05, 0.1) is 35.7 Å². The second-order valence-electron chi connectivity index (χ2n) is 8.50. The second-order valence-corrected chi connectivity index (χ2v) is 9.35. The molecular formula is C28H22Cl2FN3O2. The highest BCUT2D eigenvalue weighted by atomic mass is 35.5. The van der Waals surface area contributed by atoms with E-state index in [2.05, 4.69) is 5.32 Å². The summed E-state index contributed by atoms with van der Waals surface area (Å²) >= 11 is 12.7. The highest BCUT2D eigenvalue weighted by molar-refractivity contribution is 6.35. The van der Waals surface area contributed by atoms with Crippen LogP contribution in [0.4, 0.5) is 4.39 Å². The van der Waals surface area contributed by atoms with E-state index in [1.54, 1.807) is 35.0 Å². The Labute approximate surface area is 218 Å². The van der Waals surface area contributed by atoms with Gasteiger partial charge in [0, 0.05) is 16.2 Å². The van der Waals surface area contributed by atoms with Crippen LogP contribution in [0, 0.1) is 5.82 Å². The molecule has 1 N–H and O–H groups in total. The van der Waals surface area contributed by atoms with Gasteiger partial charge in [-0.25, -0.2) is 9.07 Å². The summed E-state index contributed by atoms with van der Waals surface area (Å²) in [6, 6.07) is 20.7. The minimum absolute atomic E-state index is 0.212. The van der Waals surface area contributed by atoms with Crippen LogP contribution < -0.4 is 5.32 Å². The molecule has 8 heteroatoms. The number of carbonyl (C=O) groups excluding carboxylic acids is 1. The predicted molar refractivity (Wildman–Crippen MR) is 140 cm³/mol. The van der Waals surface area contributed by atoms with E-state index in [1.807, 2.05) is 43.3 Å². The number of ether oxygens (including phenoxy) is 1. The van der Waals surface area contributed by atoms with Gasteiger partial charge in [0.25, 0.3) is 5.91 Å².